The van der Waals surface area contributed by atoms with Gasteiger partial charge in [0.2, 0.25) is 0 Å². The maximum absolute atomic E-state index is 5.59. The highest BCUT2D eigenvalue weighted by Crippen LogP contribution is 2.61. The molecule has 4 rings (SSSR count). The molecule has 1 heterocycles. The molecule has 1 saturated heterocycles. The lowest BCUT2D eigenvalue weighted by Crippen LogP contribution is -2.19. The van der Waals surface area contributed by atoms with E-state index in [1.807, 2.05) is 13.8 Å². The summed E-state index contributed by atoms with van der Waals surface area (Å²) in [6.07, 6.45) is 9.10. The van der Waals surface area contributed by atoms with Gasteiger partial charge in [0.1, 0.15) is 0 Å². The first kappa shape index (κ1) is 8.05. The number of rotatable bonds is 0. The Morgan fingerprint density at radius 1 is 1.08 bits per heavy atom. The van der Waals surface area contributed by atoms with Gasteiger partial charge in [-0.25, -0.2) is 0 Å². The zero-order valence-corrected chi connectivity index (χ0v) is 8.44. The minimum absolute atomic E-state index is 0.690. The van der Waals surface area contributed by atoms with Gasteiger partial charge in [-0.05, 0) is 36.5 Å². The summed E-state index contributed by atoms with van der Waals surface area (Å²) in [4.78, 5) is 0. The smallest absolute Gasteiger partial charge is 0.0878 e. The molecule has 4 aliphatic rings. The number of epoxide rings is 1. The monoisotopic (exact) mass is 178 g/mol. The van der Waals surface area contributed by atoms with Gasteiger partial charge in [0, 0.05) is 0 Å². The first-order valence-corrected chi connectivity index (χ1v) is 5.77. The largest absolute Gasteiger partial charge is 0.369 e. The van der Waals surface area contributed by atoms with E-state index in [1.165, 1.54) is 12.8 Å². The van der Waals surface area contributed by atoms with Crippen molar-refractivity contribution in [3.8, 4) is 0 Å². The highest BCUT2D eigenvalue weighted by Gasteiger charge is 2.62. The summed E-state index contributed by atoms with van der Waals surface area (Å²) in [5, 5.41) is 0. The van der Waals surface area contributed by atoms with Crippen LogP contribution in [-0.2, 0) is 4.74 Å². The molecule has 1 aliphatic heterocycles. The highest BCUT2D eigenvalue weighted by atomic mass is 16.6. The lowest BCUT2D eigenvalue weighted by molar-refractivity contribution is 0.192. The van der Waals surface area contributed by atoms with Crippen molar-refractivity contribution in [1.82, 2.24) is 0 Å². The first-order valence-electron chi connectivity index (χ1n) is 5.77. The Balaban J connectivity index is 0.000000266. The molecule has 0 radical (unpaired) electrons. The van der Waals surface area contributed by atoms with Crippen LogP contribution in [0.2, 0.25) is 0 Å². The quantitative estimate of drug-likeness (QED) is 0.410. The second-order valence-corrected chi connectivity index (χ2v) is 4.56. The van der Waals surface area contributed by atoms with Crippen LogP contribution in [0.25, 0.3) is 0 Å². The van der Waals surface area contributed by atoms with Crippen molar-refractivity contribution in [3.05, 3.63) is 12.2 Å². The number of fused-ring (bicyclic) bond motifs is 7. The summed E-state index contributed by atoms with van der Waals surface area (Å²) in [5.74, 6) is 3.81. The zero-order valence-electron chi connectivity index (χ0n) is 8.44. The van der Waals surface area contributed by atoms with E-state index in [0.29, 0.717) is 12.2 Å². The normalized spacial score (nSPS) is 58.3. The minimum Gasteiger partial charge on any atom is -0.369 e. The van der Waals surface area contributed by atoms with E-state index < -0.39 is 0 Å². The van der Waals surface area contributed by atoms with Crippen molar-refractivity contribution in [2.45, 2.75) is 38.9 Å². The summed E-state index contributed by atoms with van der Waals surface area (Å²) in [6.45, 7) is 4.00. The molecule has 0 aromatic carbocycles. The molecule has 0 N–H and O–H groups in total. The third-order valence-electron chi connectivity index (χ3n) is 4.19. The predicted octanol–water partition coefficient (Wildman–Crippen LogP) is 2.62. The maximum atomic E-state index is 5.59. The van der Waals surface area contributed by atoms with Crippen molar-refractivity contribution in [2.75, 3.05) is 0 Å². The zero-order chi connectivity index (χ0) is 9.00. The molecule has 0 spiro atoms. The molecule has 72 valence electrons. The summed E-state index contributed by atoms with van der Waals surface area (Å²) in [6, 6.07) is 0. The highest BCUT2D eigenvalue weighted by molar-refractivity contribution is 5.21. The number of allylic oxidation sites excluding steroid dienone is 2. The standard InChI is InChI=1S/C10H12O.C2H6/c1-2-6-3-5(1)7-4-8-10(11-8)9(6)7;1-2/h1-2,5-10H,3-4H2;1-2H3. The summed E-state index contributed by atoms with van der Waals surface area (Å²) >= 11 is 0. The average molecular weight is 178 g/mol. The van der Waals surface area contributed by atoms with Crippen LogP contribution in [0.4, 0.5) is 0 Å². The first-order chi connectivity index (χ1) is 6.43. The van der Waals surface area contributed by atoms with Gasteiger partial charge in [-0.15, -0.1) is 0 Å². The Kier molecular flexibility index (Phi) is 1.61. The van der Waals surface area contributed by atoms with Gasteiger partial charge in [-0.2, -0.15) is 0 Å². The Morgan fingerprint density at radius 2 is 1.85 bits per heavy atom. The van der Waals surface area contributed by atoms with Crippen molar-refractivity contribution in [2.24, 2.45) is 23.7 Å². The Hall–Kier alpha value is -0.300. The molecule has 0 amide bonds. The van der Waals surface area contributed by atoms with Gasteiger partial charge >= 0.3 is 0 Å². The van der Waals surface area contributed by atoms with E-state index in [0.717, 1.165) is 23.7 Å². The Labute approximate surface area is 80.2 Å². The molecule has 2 saturated carbocycles. The second kappa shape index (κ2) is 2.60. The van der Waals surface area contributed by atoms with E-state index in [2.05, 4.69) is 12.2 Å². The molecule has 3 fully saturated rings. The number of ether oxygens (including phenoxy) is 1. The minimum atomic E-state index is 0.690. The van der Waals surface area contributed by atoms with Crippen molar-refractivity contribution in [3.63, 3.8) is 0 Å². The van der Waals surface area contributed by atoms with Crippen LogP contribution in [0.3, 0.4) is 0 Å². The van der Waals surface area contributed by atoms with Crippen molar-refractivity contribution in [1.29, 1.82) is 0 Å². The van der Waals surface area contributed by atoms with E-state index >= 15 is 0 Å². The average Bonchev–Trinajstić information content (AvgIpc) is 2.61. The van der Waals surface area contributed by atoms with Crippen LogP contribution >= 0.6 is 0 Å². The van der Waals surface area contributed by atoms with E-state index in [4.69, 9.17) is 4.74 Å². The van der Waals surface area contributed by atoms with Crippen molar-refractivity contribution < 1.29 is 4.74 Å². The Bertz CT molecular complexity index is 246. The topological polar surface area (TPSA) is 12.5 Å². The molecular weight excluding hydrogens is 160 g/mol. The van der Waals surface area contributed by atoms with Gasteiger partial charge in [-0.1, -0.05) is 26.0 Å². The third-order valence-corrected chi connectivity index (χ3v) is 4.19. The molecule has 6 atom stereocenters. The van der Waals surface area contributed by atoms with Crippen LogP contribution in [0.5, 0.6) is 0 Å². The fourth-order valence-corrected chi connectivity index (χ4v) is 3.73. The van der Waals surface area contributed by atoms with E-state index in [9.17, 15) is 0 Å². The summed E-state index contributed by atoms with van der Waals surface area (Å²) in [5.41, 5.74) is 0. The second-order valence-electron chi connectivity index (χ2n) is 4.56. The van der Waals surface area contributed by atoms with Gasteiger partial charge < -0.3 is 4.74 Å². The van der Waals surface area contributed by atoms with Gasteiger partial charge in [0.05, 0.1) is 12.2 Å². The van der Waals surface area contributed by atoms with Gasteiger partial charge in [-0.3, -0.25) is 0 Å². The Morgan fingerprint density at radius 3 is 2.62 bits per heavy atom. The molecule has 3 aliphatic carbocycles. The van der Waals surface area contributed by atoms with Crippen LogP contribution < -0.4 is 0 Å². The summed E-state index contributed by atoms with van der Waals surface area (Å²) < 4.78 is 5.59. The fourth-order valence-electron chi connectivity index (χ4n) is 3.73. The summed E-state index contributed by atoms with van der Waals surface area (Å²) in [7, 11) is 0. The lowest BCUT2D eigenvalue weighted by atomic mass is 9.85. The lowest BCUT2D eigenvalue weighted by Gasteiger charge is -2.21. The molecule has 1 heteroatoms. The molecule has 0 aromatic rings. The molecule has 6 unspecified atom stereocenters. The molecule has 2 bridgehead atoms. The van der Waals surface area contributed by atoms with Crippen LogP contribution in [0.1, 0.15) is 26.7 Å². The molecule has 0 aromatic heterocycles. The van der Waals surface area contributed by atoms with Gasteiger partial charge in [0.15, 0.2) is 0 Å². The molecule has 1 nitrogen and oxygen atoms in total. The van der Waals surface area contributed by atoms with Crippen LogP contribution in [0, 0.1) is 23.7 Å². The van der Waals surface area contributed by atoms with Crippen LogP contribution in [-0.4, -0.2) is 12.2 Å². The van der Waals surface area contributed by atoms with Gasteiger partial charge in [0.25, 0.3) is 0 Å². The fraction of sp³-hybridized carbons (Fsp3) is 0.833. The molecule has 13 heavy (non-hydrogen) atoms. The SMILES string of the molecule is C1=CC2CC1C1CC3OC3C21.CC. The van der Waals surface area contributed by atoms with E-state index in [-0.39, 0.29) is 0 Å². The van der Waals surface area contributed by atoms with Crippen LogP contribution in [0.15, 0.2) is 12.2 Å². The number of hydrogen-bond acceptors (Lipinski definition) is 1. The predicted molar refractivity (Wildman–Crippen MR) is 52.3 cm³/mol. The number of hydrogen-bond donors (Lipinski definition) is 0. The van der Waals surface area contributed by atoms with E-state index in [1.54, 1.807) is 0 Å². The maximum Gasteiger partial charge on any atom is 0.0878 e. The molecular formula is C12H18O. The van der Waals surface area contributed by atoms with Crippen molar-refractivity contribution >= 4 is 0 Å². The third kappa shape index (κ3) is 0.914.